The number of ether oxygens (including phenoxy) is 1. The minimum absolute atomic E-state index is 0.0639. The zero-order valence-electron chi connectivity index (χ0n) is 17.5. The van der Waals surface area contributed by atoms with Gasteiger partial charge in [-0.25, -0.2) is 4.98 Å². The van der Waals surface area contributed by atoms with Gasteiger partial charge in [0, 0.05) is 47.6 Å². The Bertz CT molecular complexity index is 866. The Morgan fingerprint density at radius 3 is 2.31 bits per heavy atom. The van der Waals surface area contributed by atoms with E-state index in [1.54, 1.807) is 6.20 Å². The van der Waals surface area contributed by atoms with Gasteiger partial charge in [0.2, 0.25) is 5.95 Å². The van der Waals surface area contributed by atoms with Crippen molar-refractivity contribution in [3.63, 3.8) is 0 Å². The molecule has 4 rings (SSSR count). The molecule has 1 aromatic heterocycles. The lowest BCUT2D eigenvalue weighted by atomic mass is 9.97. The minimum atomic E-state index is 0.0639. The van der Waals surface area contributed by atoms with Gasteiger partial charge in [-0.2, -0.15) is 4.98 Å². The molecule has 0 saturated carbocycles. The Kier molecular flexibility index (Phi) is 5.58. The summed E-state index contributed by atoms with van der Waals surface area (Å²) in [6.07, 6.45) is 3.88. The smallest absolute Gasteiger partial charge is 0.229 e. The first kappa shape index (κ1) is 19.5. The molecule has 0 unspecified atom stereocenters. The van der Waals surface area contributed by atoms with Crippen molar-refractivity contribution in [2.75, 3.05) is 41.8 Å². The predicted molar refractivity (Wildman–Crippen MR) is 118 cm³/mol. The monoisotopic (exact) mass is 394 g/mol. The number of aromatic nitrogens is 2. The van der Waals surface area contributed by atoms with E-state index in [0.29, 0.717) is 5.95 Å². The molecule has 7 heteroatoms. The lowest BCUT2D eigenvalue weighted by Gasteiger charge is -2.32. The largest absolute Gasteiger partial charge is 0.382 e. The molecule has 154 valence electrons. The number of benzene rings is 1. The number of nitrogens with one attached hydrogen (secondary N) is 3. The van der Waals surface area contributed by atoms with Crippen LogP contribution in [0.3, 0.4) is 0 Å². The summed E-state index contributed by atoms with van der Waals surface area (Å²) >= 11 is 0. The average molecular weight is 395 g/mol. The Hall–Kier alpha value is -2.80. The number of rotatable bonds is 6. The molecule has 0 bridgehead atoms. The quantitative estimate of drug-likeness (QED) is 0.687. The highest BCUT2D eigenvalue weighted by molar-refractivity contribution is 5.60. The molecule has 2 aliphatic rings. The highest BCUT2D eigenvalue weighted by atomic mass is 16.5. The molecule has 3 N–H and O–H groups in total. The van der Waals surface area contributed by atoms with Crippen molar-refractivity contribution < 1.29 is 4.74 Å². The first-order valence-electron chi connectivity index (χ1n) is 10.3. The van der Waals surface area contributed by atoms with Crippen molar-refractivity contribution >= 4 is 23.1 Å². The standard InChI is InChI=1S/C22H30N6O/c1-22(2,3)27-19-9-8-18(19)25-20-10-11-23-21(26-20)24-16-4-6-17(7-5-16)28-12-14-29-15-13-28/h4-7,10-11,27H,8-9,12-15H2,1-3H3,(H2,23,24,25,26). The highest BCUT2D eigenvalue weighted by Crippen LogP contribution is 2.28. The van der Waals surface area contributed by atoms with Gasteiger partial charge in [0.05, 0.1) is 13.2 Å². The van der Waals surface area contributed by atoms with Crippen LogP contribution >= 0.6 is 0 Å². The highest BCUT2D eigenvalue weighted by Gasteiger charge is 2.22. The van der Waals surface area contributed by atoms with Gasteiger partial charge in [-0.1, -0.05) is 0 Å². The second kappa shape index (κ2) is 8.29. The maximum absolute atomic E-state index is 5.42. The van der Waals surface area contributed by atoms with Crippen LogP contribution in [0.25, 0.3) is 0 Å². The van der Waals surface area contributed by atoms with E-state index in [2.05, 4.69) is 75.9 Å². The molecule has 0 radical (unpaired) electrons. The van der Waals surface area contributed by atoms with Gasteiger partial charge >= 0.3 is 0 Å². The summed E-state index contributed by atoms with van der Waals surface area (Å²) < 4.78 is 5.42. The van der Waals surface area contributed by atoms with E-state index >= 15 is 0 Å². The Balaban J connectivity index is 1.39. The molecular weight excluding hydrogens is 364 g/mol. The molecule has 7 nitrogen and oxygen atoms in total. The van der Waals surface area contributed by atoms with Crippen LogP contribution in [0.4, 0.5) is 23.1 Å². The normalized spacial score (nSPS) is 17.0. The molecular formula is C22H30N6O. The molecule has 1 aromatic carbocycles. The van der Waals surface area contributed by atoms with Crippen LogP contribution in [-0.4, -0.2) is 41.8 Å². The average Bonchev–Trinajstić information content (AvgIpc) is 2.71. The third kappa shape index (κ3) is 5.17. The molecule has 2 heterocycles. The first-order valence-corrected chi connectivity index (χ1v) is 10.3. The summed E-state index contributed by atoms with van der Waals surface area (Å²) in [5.41, 5.74) is 4.72. The van der Waals surface area contributed by atoms with E-state index in [4.69, 9.17) is 4.74 Å². The summed E-state index contributed by atoms with van der Waals surface area (Å²) in [6.45, 7) is 9.97. The Morgan fingerprint density at radius 1 is 0.931 bits per heavy atom. The van der Waals surface area contributed by atoms with E-state index in [9.17, 15) is 0 Å². The second-order valence-corrected chi connectivity index (χ2v) is 8.49. The topological polar surface area (TPSA) is 74.3 Å². The fourth-order valence-corrected chi connectivity index (χ4v) is 3.45. The van der Waals surface area contributed by atoms with Crippen LogP contribution in [-0.2, 0) is 4.74 Å². The van der Waals surface area contributed by atoms with Gasteiger partial charge in [0.1, 0.15) is 5.82 Å². The number of allylic oxidation sites excluding steroid dienone is 2. The van der Waals surface area contributed by atoms with Crippen molar-refractivity contribution in [2.45, 2.75) is 39.2 Å². The molecule has 1 aliphatic carbocycles. The number of hydrogen-bond donors (Lipinski definition) is 3. The van der Waals surface area contributed by atoms with Crippen LogP contribution in [0.2, 0.25) is 0 Å². The van der Waals surface area contributed by atoms with Gasteiger partial charge in [-0.3, -0.25) is 0 Å². The van der Waals surface area contributed by atoms with Gasteiger partial charge in [0.25, 0.3) is 0 Å². The lowest BCUT2D eigenvalue weighted by molar-refractivity contribution is 0.122. The van der Waals surface area contributed by atoms with Crippen LogP contribution in [0.5, 0.6) is 0 Å². The molecule has 1 saturated heterocycles. The molecule has 0 atom stereocenters. The van der Waals surface area contributed by atoms with Crippen LogP contribution < -0.4 is 20.9 Å². The third-order valence-corrected chi connectivity index (χ3v) is 4.95. The van der Waals surface area contributed by atoms with Crippen LogP contribution in [0, 0.1) is 0 Å². The van der Waals surface area contributed by atoms with Crippen LogP contribution in [0.15, 0.2) is 47.9 Å². The van der Waals surface area contributed by atoms with E-state index in [1.807, 2.05) is 6.07 Å². The molecule has 2 aromatic rings. The lowest BCUT2D eigenvalue weighted by Crippen LogP contribution is -2.38. The molecule has 1 aliphatic heterocycles. The number of morpholine rings is 1. The zero-order chi connectivity index (χ0) is 20.3. The van der Waals surface area contributed by atoms with Crippen molar-refractivity contribution in [2.24, 2.45) is 0 Å². The fraction of sp³-hybridized carbons (Fsp3) is 0.455. The summed E-state index contributed by atoms with van der Waals surface area (Å²) in [4.78, 5) is 11.3. The molecule has 0 amide bonds. The van der Waals surface area contributed by atoms with Gasteiger partial charge in [0.15, 0.2) is 0 Å². The SMILES string of the molecule is CC(C)(C)NC1=C(Nc2ccnc(Nc3ccc(N4CCOCC4)cc3)n2)CC1. The van der Waals surface area contributed by atoms with Crippen molar-refractivity contribution in [1.29, 1.82) is 0 Å². The Morgan fingerprint density at radius 2 is 1.66 bits per heavy atom. The summed E-state index contributed by atoms with van der Waals surface area (Å²) in [5, 5.41) is 10.3. The number of hydrogen-bond acceptors (Lipinski definition) is 7. The third-order valence-electron chi connectivity index (χ3n) is 4.95. The van der Waals surface area contributed by atoms with E-state index < -0.39 is 0 Å². The molecule has 0 spiro atoms. The van der Waals surface area contributed by atoms with Gasteiger partial charge < -0.3 is 25.6 Å². The van der Waals surface area contributed by atoms with Crippen molar-refractivity contribution in [3.8, 4) is 0 Å². The summed E-state index contributed by atoms with van der Waals surface area (Å²) in [6, 6.07) is 10.3. The van der Waals surface area contributed by atoms with Gasteiger partial charge in [-0.05, 0) is 63.9 Å². The number of anilines is 4. The zero-order valence-corrected chi connectivity index (χ0v) is 17.5. The second-order valence-electron chi connectivity index (χ2n) is 8.49. The van der Waals surface area contributed by atoms with E-state index in [-0.39, 0.29) is 5.54 Å². The summed E-state index contributed by atoms with van der Waals surface area (Å²) in [5.74, 6) is 1.38. The maximum atomic E-state index is 5.42. The number of nitrogens with zero attached hydrogens (tertiary/aromatic N) is 3. The van der Waals surface area contributed by atoms with Crippen molar-refractivity contribution in [3.05, 3.63) is 47.9 Å². The summed E-state index contributed by atoms with van der Waals surface area (Å²) in [7, 11) is 0. The Labute approximate surface area is 172 Å². The first-order chi connectivity index (χ1) is 14.0. The molecule has 29 heavy (non-hydrogen) atoms. The van der Waals surface area contributed by atoms with E-state index in [0.717, 1.165) is 50.7 Å². The van der Waals surface area contributed by atoms with Crippen LogP contribution in [0.1, 0.15) is 33.6 Å². The minimum Gasteiger partial charge on any atom is -0.382 e. The van der Waals surface area contributed by atoms with Gasteiger partial charge in [-0.15, -0.1) is 0 Å². The molecule has 1 fully saturated rings. The predicted octanol–water partition coefficient (Wildman–Crippen LogP) is 3.86. The van der Waals surface area contributed by atoms with Crippen molar-refractivity contribution in [1.82, 2.24) is 15.3 Å². The van der Waals surface area contributed by atoms with E-state index in [1.165, 1.54) is 17.1 Å². The maximum Gasteiger partial charge on any atom is 0.229 e. The fourth-order valence-electron chi connectivity index (χ4n) is 3.45.